The average molecular weight is 356 g/mol. The number of nitrogens with zero attached hydrogens (tertiary/aromatic N) is 1. The van der Waals surface area contributed by atoms with Crippen molar-refractivity contribution in [2.24, 2.45) is 0 Å². The van der Waals surface area contributed by atoms with Crippen LogP contribution in [0.4, 0.5) is 5.69 Å². The van der Waals surface area contributed by atoms with E-state index in [-0.39, 0.29) is 17.6 Å². The van der Waals surface area contributed by atoms with Crippen LogP contribution in [0.5, 0.6) is 11.5 Å². The third-order valence-corrected chi connectivity index (χ3v) is 4.32. The standard InChI is InChI=1S/C19H20N2O5/c1-19(2)11-16(15-9-8-14(25-3)10-17(15)26-19)20-18(22)12-4-6-13(7-5-12)21(23)24/h4-10,16H,11H2,1-3H3,(H,20,22). The van der Waals surface area contributed by atoms with E-state index in [0.717, 1.165) is 5.56 Å². The molecule has 1 aliphatic heterocycles. The van der Waals surface area contributed by atoms with Crippen LogP contribution < -0.4 is 14.8 Å². The molecule has 1 heterocycles. The van der Waals surface area contributed by atoms with Gasteiger partial charge in [0, 0.05) is 35.7 Å². The molecule has 26 heavy (non-hydrogen) atoms. The van der Waals surface area contributed by atoms with Gasteiger partial charge in [0.2, 0.25) is 0 Å². The van der Waals surface area contributed by atoms with Crippen molar-refractivity contribution < 1.29 is 19.2 Å². The number of hydrogen-bond acceptors (Lipinski definition) is 5. The van der Waals surface area contributed by atoms with E-state index in [1.165, 1.54) is 24.3 Å². The lowest BCUT2D eigenvalue weighted by Gasteiger charge is -2.38. The van der Waals surface area contributed by atoms with Crippen molar-refractivity contribution in [3.63, 3.8) is 0 Å². The Morgan fingerprint density at radius 1 is 1.27 bits per heavy atom. The highest BCUT2D eigenvalue weighted by Gasteiger charge is 2.35. The fourth-order valence-corrected chi connectivity index (χ4v) is 3.06. The Hall–Kier alpha value is -3.09. The van der Waals surface area contributed by atoms with E-state index < -0.39 is 10.5 Å². The SMILES string of the molecule is COc1ccc2c(c1)OC(C)(C)CC2NC(=O)c1ccc([N+](=O)[O-])cc1. The Labute approximate surface area is 151 Å². The van der Waals surface area contributed by atoms with Gasteiger partial charge in [-0.1, -0.05) is 0 Å². The third-order valence-electron chi connectivity index (χ3n) is 4.32. The van der Waals surface area contributed by atoms with E-state index in [2.05, 4.69) is 5.32 Å². The van der Waals surface area contributed by atoms with Crippen molar-refractivity contribution >= 4 is 11.6 Å². The number of carbonyl (C=O) groups excluding carboxylic acids is 1. The summed E-state index contributed by atoms with van der Waals surface area (Å²) in [6.45, 7) is 3.92. The summed E-state index contributed by atoms with van der Waals surface area (Å²) < 4.78 is 11.3. The molecule has 3 rings (SSSR count). The highest BCUT2D eigenvalue weighted by atomic mass is 16.6. The van der Waals surface area contributed by atoms with E-state index >= 15 is 0 Å². The second kappa shape index (κ2) is 6.67. The number of rotatable bonds is 4. The van der Waals surface area contributed by atoms with Crippen molar-refractivity contribution in [3.05, 3.63) is 63.7 Å². The number of carbonyl (C=O) groups is 1. The Morgan fingerprint density at radius 2 is 1.96 bits per heavy atom. The molecule has 1 aliphatic rings. The molecule has 0 saturated heterocycles. The second-order valence-electron chi connectivity index (χ2n) is 6.80. The topological polar surface area (TPSA) is 90.7 Å². The molecule has 1 unspecified atom stereocenters. The molecule has 0 saturated carbocycles. The molecule has 0 aromatic heterocycles. The summed E-state index contributed by atoms with van der Waals surface area (Å²) in [5.41, 5.74) is 0.744. The molecule has 1 amide bonds. The van der Waals surface area contributed by atoms with E-state index in [1.54, 1.807) is 13.2 Å². The van der Waals surface area contributed by atoms with Crippen molar-refractivity contribution in [1.29, 1.82) is 0 Å². The maximum absolute atomic E-state index is 12.6. The molecule has 0 bridgehead atoms. The van der Waals surface area contributed by atoms with E-state index in [1.807, 2.05) is 26.0 Å². The first-order valence-corrected chi connectivity index (χ1v) is 8.21. The summed E-state index contributed by atoms with van der Waals surface area (Å²) in [5.74, 6) is 1.07. The van der Waals surface area contributed by atoms with Gasteiger partial charge in [-0.2, -0.15) is 0 Å². The Morgan fingerprint density at radius 3 is 2.58 bits per heavy atom. The molecule has 2 aromatic rings. The van der Waals surface area contributed by atoms with Crippen molar-refractivity contribution in [2.75, 3.05) is 7.11 Å². The van der Waals surface area contributed by atoms with Crippen LogP contribution in [-0.2, 0) is 0 Å². The number of fused-ring (bicyclic) bond motifs is 1. The van der Waals surface area contributed by atoms with Gasteiger partial charge in [0.1, 0.15) is 17.1 Å². The minimum absolute atomic E-state index is 0.0498. The van der Waals surface area contributed by atoms with Crippen LogP contribution in [0.15, 0.2) is 42.5 Å². The van der Waals surface area contributed by atoms with Crippen LogP contribution >= 0.6 is 0 Å². The van der Waals surface area contributed by atoms with Crippen molar-refractivity contribution in [1.82, 2.24) is 5.32 Å². The maximum Gasteiger partial charge on any atom is 0.269 e. The minimum atomic E-state index is -0.494. The average Bonchev–Trinajstić information content (AvgIpc) is 2.60. The zero-order chi connectivity index (χ0) is 18.9. The molecule has 1 N–H and O–H groups in total. The third kappa shape index (κ3) is 3.61. The molecule has 136 valence electrons. The number of nitro groups is 1. The number of nitrogens with one attached hydrogen (secondary N) is 1. The normalized spacial score (nSPS) is 17.6. The molecule has 1 atom stereocenters. The largest absolute Gasteiger partial charge is 0.497 e. The highest BCUT2D eigenvalue weighted by Crippen LogP contribution is 2.41. The van der Waals surface area contributed by atoms with E-state index in [4.69, 9.17) is 9.47 Å². The number of non-ortho nitro benzene ring substituents is 1. The summed E-state index contributed by atoms with van der Waals surface area (Å²) in [5, 5.41) is 13.7. The van der Waals surface area contributed by atoms with E-state index in [9.17, 15) is 14.9 Å². The number of amides is 1. The van der Waals surface area contributed by atoms with Crippen molar-refractivity contribution in [3.8, 4) is 11.5 Å². The van der Waals surface area contributed by atoms with Crippen LogP contribution in [0.2, 0.25) is 0 Å². The smallest absolute Gasteiger partial charge is 0.269 e. The summed E-state index contributed by atoms with van der Waals surface area (Å²) in [6, 6.07) is 10.8. The van der Waals surface area contributed by atoms with Crippen LogP contribution in [0.25, 0.3) is 0 Å². The van der Waals surface area contributed by atoms with Gasteiger partial charge >= 0.3 is 0 Å². The predicted molar refractivity (Wildman–Crippen MR) is 95.6 cm³/mol. The summed E-state index contributed by atoms with van der Waals surface area (Å²) >= 11 is 0. The van der Waals surface area contributed by atoms with Gasteiger partial charge in [-0.05, 0) is 38.1 Å². The Balaban J connectivity index is 1.85. The van der Waals surface area contributed by atoms with E-state index in [0.29, 0.717) is 23.5 Å². The number of hydrogen-bond donors (Lipinski definition) is 1. The highest BCUT2D eigenvalue weighted by molar-refractivity contribution is 5.94. The van der Waals surface area contributed by atoms with Crippen LogP contribution in [-0.4, -0.2) is 23.5 Å². The van der Waals surface area contributed by atoms with Gasteiger partial charge in [0.05, 0.1) is 18.1 Å². The molecular formula is C19H20N2O5. The molecule has 2 aromatic carbocycles. The molecule has 0 radical (unpaired) electrons. The first kappa shape index (κ1) is 17.7. The molecular weight excluding hydrogens is 336 g/mol. The Bertz CT molecular complexity index is 846. The quantitative estimate of drug-likeness (QED) is 0.667. The molecule has 7 heteroatoms. The van der Waals surface area contributed by atoms with Gasteiger partial charge in [0.15, 0.2) is 0 Å². The second-order valence-corrected chi connectivity index (χ2v) is 6.80. The summed E-state index contributed by atoms with van der Waals surface area (Å²) in [6.07, 6.45) is 0.602. The van der Waals surface area contributed by atoms with Crippen LogP contribution in [0.1, 0.15) is 42.2 Å². The lowest BCUT2D eigenvalue weighted by molar-refractivity contribution is -0.384. The molecule has 7 nitrogen and oxygen atoms in total. The lowest BCUT2D eigenvalue weighted by Crippen LogP contribution is -2.41. The predicted octanol–water partition coefficient (Wildman–Crippen LogP) is 3.64. The van der Waals surface area contributed by atoms with Crippen molar-refractivity contribution in [2.45, 2.75) is 31.9 Å². The number of benzene rings is 2. The van der Waals surface area contributed by atoms with Gasteiger partial charge in [-0.15, -0.1) is 0 Å². The summed E-state index contributed by atoms with van der Waals surface area (Å²) in [4.78, 5) is 22.8. The minimum Gasteiger partial charge on any atom is -0.497 e. The molecule has 0 aliphatic carbocycles. The van der Waals surface area contributed by atoms with Crippen LogP contribution in [0, 0.1) is 10.1 Å². The first-order chi connectivity index (χ1) is 12.3. The van der Waals surface area contributed by atoms with Gasteiger partial charge < -0.3 is 14.8 Å². The first-order valence-electron chi connectivity index (χ1n) is 8.21. The van der Waals surface area contributed by atoms with Gasteiger partial charge in [0.25, 0.3) is 11.6 Å². The fraction of sp³-hybridized carbons (Fsp3) is 0.316. The molecule has 0 fully saturated rings. The fourth-order valence-electron chi connectivity index (χ4n) is 3.06. The number of ether oxygens (including phenoxy) is 2. The molecule has 0 spiro atoms. The Kier molecular flexibility index (Phi) is 4.54. The zero-order valence-corrected chi connectivity index (χ0v) is 14.8. The monoisotopic (exact) mass is 356 g/mol. The zero-order valence-electron chi connectivity index (χ0n) is 14.8. The van der Waals surface area contributed by atoms with Crippen LogP contribution in [0.3, 0.4) is 0 Å². The van der Waals surface area contributed by atoms with Gasteiger partial charge in [-0.25, -0.2) is 0 Å². The number of methoxy groups -OCH3 is 1. The van der Waals surface area contributed by atoms with Gasteiger partial charge in [-0.3, -0.25) is 14.9 Å². The summed E-state index contributed by atoms with van der Waals surface area (Å²) in [7, 11) is 1.59. The number of nitro benzene ring substituents is 1. The lowest BCUT2D eigenvalue weighted by atomic mass is 9.89. The maximum atomic E-state index is 12.6.